The molecule has 0 aliphatic rings. The van der Waals surface area contributed by atoms with Crippen molar-refractivity contribution in [3.05, 3.63) is 29.3 Å². The molecule has 0 radical (unpaired) electrons. The molecular formula is C15H24N2O3. The van der Waals surface area contributed by atoms with Gasteiger partial charge in [-0.1, -0.05) is 12.1 Å². The van der Waals surface area contributed by atoms with Crippen LogP contribution in [0.3, 0.4) is 0 Å². The lowest BCUT2D eigenvalue weighted by Gasteiger charge is -2.18. The molecule has 0 atom stereocenters. The molecule has 5 nitrogen and oxygen atoms in total. The third-order valence-electron chi connectivity index (χ3n) is 3.00. The lowest BCUT2D eigenvalue weighted by Crippen LogP contribution is -2.21. The topological polar surface area (TPSA) is 53.0 Å². The lowest BCUT2D eigenvalue weighted by atomic mass is 10.1. The van der Waals surface area contributed by atoms with Gasteiger partial charge in [-0.3, -0.25) is 4.79 Å². The Hall–Kier alpha value is -1.59. The van der Waals surface area contributed by atoms with E-state index < -0.39 is 5.97 Å². The average molecular weight is 280 g/mol. The number of benzene rings is 1. The van der Waals surface area contributed by atoms with Crippen LogP contribution >= 0.6 is 0 Å². The number of hydrogen-bond donors (Lipinski definition) is 1. The molecule has 0 aliphatic carbocycles. The monoisotopic (exact) mass is 280 g/mol. The van der Waals surface area contributed by atoms with E-state index in [9.17, 15) is 4.79 Å². The van der Waals surface area contributed by atoms with E-state index in [0.717, 1.165) is 17.9 Å². The predicted octanol–water partition coefficient (Wildman–Crippen LogP) is 1.66. The molecule has 0 unspecified atom stereocenters. The van der Waals surface area contributed by atoms with Gasteiger partial charge in [-0.15, -0.1) is 0 Å². The number of hydrogen-bond acceptors (Lipinski definition) is 4. The molecule has 1 N–H and O–H groups in total. The highest BCUT2D eigenvalue weighted by molar-refractivity contribution is 5.66. The summed E-state index contributed by atoms with van der Waals surface area (Å²) in [6, 6.07) is 6.18. The highest BCUT2D eigenvalue weighted by Gasteiger charge is 2.09. The van der Waals surface area contributed by atoms with E-state index in [1.54, 1.807) is 7.11 Å². The van der Waals surface area contributed by atoms with Crippen molar-refractivity contribution in [3.8, 4) is 5.75 Å². The highest BCUT2D eigenvalue weighted by Crippen LogP contribution is 2.22. The van der Waals surface area contributed by atoms with Crippen LogP contribution in [0.2, 0.25) is 0 Å². The number of rotatable bonds is 8. The van der Waals surface area contributed by atoms with Gasteiger partial charge >= 0.3 is 5.97 Å². The minimum Gasteiger partial charge on any atom is -0.496 e. The van der Waals surface area contributed by atoms with Crippen molar-refractivity contribution < 1.29 is 14.6 Å². The normalized spacial score (nSPS) is 11.1. The SMILES string of the molecule is COc1cc(CN(C)C)ccc1CN(C)CCC(=O)O. The first-order valence-electron chi connectivity index (χ1n) is 6.63. The van der Waals surface area contributed by atoms with Crippen molar-refractivity contribution in [1.82, 2.24) is 9.80 Å². The zero-order valence-electron chi connectivity index (χ0n) is 12.7. The minimum atomic E-state index is -0.773. The number of carbonyl (C=O) groups is 1. The fraction of sp³-hybridized carbons (Fsp3) is 0.533. The Kier molecular flexibility index (Phi) is 6.48. The van der Waals surface area contributed by atoms with E-state index in [0.29, 0.717) is 13.1 Å². The maximum absolute atomic E-state index is 10.6. The fourth-order valence-corrected chi connectivity index (χ4v) is 2.04. The predicted molar refractivity (Wildman–Crippen MR) is 79.0 cm³/mol. The van der Waals surface area contributed by atoms with Crippen LogP contribution in [0.4, 0.5) is 0 Å². The van der Waals surface area contributed by atoms with Gasteiger partial charge in [-0.25, -0.2) is 0 Å². The Morgan fingerprint density at radius 2 is 1.95 bits per heavy atom. The van der Waals surface area contributed by atoms with Gasteiger partial charge in [0.1, 0.15) is 5.75 Å². The quantitative estimate of drug-likeness (QED) is 0.785. The fourth-order valence-electron chi connectivity index (χ4n) is 2.04. The summed E-state index contributed by atoms with van der Waals surface area (Å²) < 4.78 is 5.43. The molecule has 112 valence electrons. The minimum absolute atomic E-state index is 0.150. The second-order valence-corrected chi connectivity index (χ2v) is 5.27. The van der Waals surface area contributed by atoms with E-state index in [2.05, 4.69) is 17.0 Å². The first-order chi connectivity index (χ1) is 9.42. The summed E-state index contributed by atoms with van der Waals surface area (Å²) in [7, 11) is 7.63. The Bertz CT molecular complexity index is 447. The number of aliphatic carboxylic acids is 1. The zero-order valence-corrected chi connectivity index (χ0v) is 12.7. The second-order valence-electron chi connectivity index (χ2n) is 5.27. The molecule has 0 heterocycles. The van der Waals surface area contributed by atoms with E-state index in [1.807, 2.05) is 32.1 Å². The van der Waals surface area contributed by atoms with Crippen molar-refractivity contribution in [3.63, 3.8) is 0 Å². The molecule has 0 fully saturated rings. The van der Waals surface area contributed by atoms with E-state index >= 15 is 0 Å². The van der Waals surface area contributed by atoms with Crippen LogP contribution in [0.5, 0.6) is 5.75 Å². The summed E-state index contributed by atoms with van der Waals surface area (Å²) in [5, 5.41) is 8.69. The van der Waals surface area contributed by atoms with Gasteiger partial charge < -0.3 is 19.6 Å². The molecular weight excluding hydrogens is 256 g/mol. The summed E-state index contributed by atoms with van der Waals surface area (Å²) >= 11 is 0. The maximum atomic E-state index is 10.6. The molecule has 0 aliphatic heterocycles. The van der Waals surface area contributed by atoms with Crippen LogP contribution in [0.15, 0.2) is 18.2 Å². The number of carboxylic acids is 1. The Labute approximate surface area is 120 Å². The van der Waals surface area contributed by atoms with Crippen LogP contribution in [0.25, 0.3) is 0 Å². The van der Waals surface area contributed by atoms with Crippen molar-refractivity contribution in [1.29, 1.82) is 0 Å². The number of nitrogens with zero attached hydrogens (tertiary/aromatic N) is 2. The van der Waals surface area contributed by atoms with Crippen molar-refractivity contribution in [2.45, 2.75) is 19.5 Å². The first-order valence-corrected chi connectivity index (χ1v) is 6.63. The number of methoxy groups -OCH3 is 1. The Morgan fingerprint density at radius 1 is 1.25 bits per heavy atom. The van der Waals surface area contributed by atoms with Crippen molar-refractivity contribution >= 4 is 5.97 Å². The Balaban J connectivity index is 2.71. The summed E-state index contributed by atoms with van der Waals surface area (Å²) in [6.07, 6.45) is 0.150. The van der Waals surface area contributed by atoms with Crippen LogP contribution in [0, 0.1) is 0 Å². The first kappa shape index (κ1) is 16.5. The highest BCUT2D eigenvalue weighted by atomic mass is 16.5. The second kappa shape index (κ2) is 7.87. The van der Waals surface area contributed by atoms with Crippen LogP contribution in [0.1, 0.15) is 17.5 Å². The van der Waals surface area contributed by atoms with Gasteiger partial charge in [-0.05, 0) is 32.8 Å². The standard InChI is InChI=1S/C15H24N2O3/c1-16(2)10-12-5-6-13(14(9-12)20-4)11-17(3)8-7-15(18)19/h5-6,9H,7-8,10-11H2,1-4H3,(H,18,19). The molecule has 1 aromatic carbocycles. The van der Waals surface area contributed by atoms with Crippen LogP contribution in [-0.2, 0) is 17.9 Å². The smallest absolute Gasteiger partial charge is 0.304 e. The number of ether oxygens (including phenoxy) is 1. The number of carboxylic acid groups (broad SMARTS) is 1. The van der Waals surface area contributed by atoms with Crippen molar-refractivity contribution in [2.75, 3.05) is 34.8 Å². The van der Waals surface area contributed by atoms with E-state index in [-0.39, 0.29) is 6.42 Å². The van der Waals surface area contributed by atoms with Gasteiger partial charge in [0.2, 0.25) is 0 Å². The maximum Gasteiger partial charge on any atom is 0.304 e. The molecule has 0 saturated heterocycles. The summed E-state index contributed by atoms with van der Waals surface area (Å²) in [6.45, 7) is 2.07. The van der Waals surface area contributed by atoms with E-state index in [4.69, 9.17) is 9.84 Å². The largest absolute Gasteiger partial charge is 0.496 e. The molecule has 0 aromatic heterocycles. The van der Waals surface area contributed by atoms with Crippen LogP contribution < -0.4 is 4.74 Å². The molecule has 0 bridgehead atoms. The third-order valence-corrected chi connectivity index (χ3v) is 3.00. The molecule has 1 rings (SSSR count). The van der Waals surface area contributed by atoms with Crippen molar-refractivity contribution in [2.24, 2.45) is 0 Å². The molecule has 0 saturated carbocycles. The molecule has 1 aromatic rings. The molecule has 20 heavy (non-hydrogen) atoms. The van der Waals surface area contributed by atoms with Gasteiger partial charge in [0.15, 0.2) is 0 Å². The lowest BCUT2D eigenvalue weighted by molar-refractivity contribution is -0.137. The zero-order chi connectivity index (χ0) is 15.1. The van der Waals surface area contributed by atoms with Crippen LogP contribution in [-0.4, -0.2) is 55.7 Å². The van der Waals surface area contributed by atoms with E-state index in [1.165, 1.54) is 5.56 Å². The molecule has 0 amide bonds. The van der Waals surface area contributed by atoms with Gasteiger partial charge in [-0.2, -0.15) is 0 Å². The summed E-state index contributed by atoms with van der Waals surface area (Å²) in [5.41, 5.74) is 2.27. The van der Waals surface area contributed by atoms with Gasteiger partial charge in [0.25, 0.3) is 0 Å². The molecule has 5 heteroatoms. The summed E-state index contributed by atoms with van der Waals surface area (Å²) in [5.74, 6) is 0.0803. The van der Waals surface area contributed by atoms with Gasteiger partial charge in [0.05, 0.1) is 13.5 Å². The Morgan fingerprint density at radius 3 is 2.50 bits per heavy atom. The van der Waals surface area contributed by atoms with Gasteiger partial charge in [0, 0.05) is 25.2 Å². The average Bonchev–Trinajstić information content (AvgIpc) is 2.37. The third kappa shape index (κ3) is 5.59. The molecule has 0 spiro atoms. The summed E-state index contributed by atoms with van der Waals surface area (Å²) in [4.78, 5) is 14.7.